The number of nitrogens with one attached hydrogen (secondary N) is 1. The molecule has 0 aromatic rings. The summed E-state index contributed by atoms with van der Waals surface area (Å²) in [5, 5.41) is -0.114. The number of halogens is 13. The fourth-order valence-corrected chi connectivity index (χ4v) is 1.22. The van der Waals surface area contributed by atoms with Crippen LogP contribution in [0.4, 0.5) is 57.1 Å². The Hall–Kier alpha value is -1.70. The monoisotopic (exact) mass is 417 g/mol. The molecular formula is C11H8F13NO. The summed E-state index contributed by atoms with van der Waals surface area (Å²) >= 11 is 0. The number of rotatable bonds is 6. The van der Waals surface area contributed by atoms with Crippen LogP contribution in [-0.4, -0.2) is 41.8 Å². The molecule has 2 nitrogen and oxygen atoms in total. The molecule has 0 aliphatic carbocycles. The highest BCUT2D eigenvalue weighted by molar-refractivity contribution is 5.93. The fourth-order valence-electron chi connectivity index (χ4n) is 1.22. The molecule has 0 aliphatic heterocycles. The quantitative estimate of drug-likeness (QED) is 0.377. The second kappa shape index (κ2) is 6.48. The van der Waals surface area contributed by atoms with Crippen LogP contribution >= 0.6 is 0 Å². The third-order valence-corrected chi connectivity index (χ3v) is 3.00. The van der Waals surface area contributed by atoms with Gasteiger partial charge >= 0.3 is 35.9 Å². The fraction of sp³-hybridized carbons (Fsp3) is 0.727. The van der Waals surface area contributed by atoms with Crippen LogP contribution in [0.3, 0.4) is 0 Å². The summed E-state index contributed by atoms with van der Waals surface area (Å²) in [6.45, 7) is 1.67. The Labute approximate surface area is 136 Å². The number of amides is 1. The molecule has 1 N–H and O–H groups in total. The standard InChI is InChI=1S/C11H8F13NO/c1-3-4(2)5(26)25-11(23,24)9(18,19)7(14,15)6(12,13)8(16,17)10(20,21)22/h3H,1-2H3,(H,25,26). The molecule has 1 amide bonds. The Morgan fingerprint density at radius 3 is 1.35 bits per heavy atom. The van der Waals surface area contributed by atoms with Crippen LogP contribution in [0.25, 0.3) is 0 Å². The molecule has 26 heavy (non-hydrogen) atoms. The van der Waals surface area contributed by atoms with Gasteiger partial charge in [-0.25, -0.2) is 0 Å². The van der Waals surface area contributed by atoms with Gasteiger partial charge in [0, 0.05) is 5.57 Å². The zero-order valence-electron chi connectivity index (χ0n) is 12.4. The van der Waals surface area contributed by atoms with Crippen molar-refractivity contribution in [1.29, 1.82) is 0 Å². The summed E-state index contributed by atoms with van der Waals surface area (Å²) in [5.41, 5.74) is -0.809. The highest BCUT2D eigenvalue weighted by atomic mass is 19.4. The average Bonchev–Trinajstić information content (AvgIpc) is 2.43. The molecular weight excluding hydrogens is 409 g/mol. The van der Waals surface area contributed by atoms with Gasteiger partial charge < -0.3 is 0 Å². The lowest BCUT2D eigenvalue weighted by Gasteiger charge is -2.39. The normalized spacial score (nSPS) is 15.9. The van der Waals surface area contributed by atoms with Crippen LogP contribution in [0, 0.1) is 0 Å². The second-order valence-electron chi connectivity index (χ2n) is 4.80. The van der Waals surface area contributed by atoms with Gasteiger partial charge in [0.25, 0.3) is 5.91 Å². The first kappa shape index (κ1) is 24.3. The molecule has 0 heterocycles. The largest absolute Gasteiger partial charge is 0.460 e. The zero-order valence-corrected chi connectivity index (χ0v) is 12.4. The van der Waals surface area contributed by atoms with Gasteiger partial charge in [0.15, 0.2) is 0 Å². The lowest BCUT2D eigenvalue weighted by Crippen LogP contribution is -2.72. The van der Waals surface area contributed by atoms with Crippen molar-refractivity contribution < 1.29 is 61.9 Å². The Bertz CT molecular complexity index is 575. The van der Waals surface area contributed by atoms with Crippen molar-refractivity contribution in [1.82, 2.24) is 5.32 Å². The number of carbonyl (C=O) groups is 1. The molecule has 0 aliphatic rings. The third-order valence-electron chi connectivity index (χ3n) is 3.00. The number of hydrogen-bond donors (Lipinski definition) is 1. The summed E-state index contributed by atoms with van der Waals surface area (Å²) in [5.74, 6) is -33.5. The number of hydrogen-bond acceptors (Lipinski definition) is 1. The van der Waals surface area contributed by atoms with E-state index >= 15 is 0 Å². The Balaban J connectivity index is 6.20. The molecule has 0 bridgehead atoms. The number of carbonyl (C=O) groups excluding carboxylic acids is 1. The van der Waals surface area contributed by atoms with Crippen molar-refractivity contribution in [2.75, 3.05) is 0 Å². The van der Waals surface area contributed by atoms with Gasteiger partial charge in [-0.3, -0.25) is 10.1 Å². The van der Waals surface area contributed by atoms with Gasteiger partial charge in [0.2, 0.25) is 0 Å². The van der Waals surface area contributed by atoms with Crippen LogP contribution in [0.1, 0.15) is 13.8 Å². The molecule has 0 spiro atoms. The van der Waals surface area contributed by atoms with Gasteiger partial charge in [0.05, 0.1) is 0 Å². The maximum absolute atomic E-state index is 13.2. The Morgan fingerprint density at radius 1 is 0.692 bits per heavy atom. The number of allylic oxidation sites excluding steroid dienone is 1. The second-order valence-corrected chi connectivity index (χ2v) is 4.80. The lowest BCUT2D eigenvalue weighted by atomic mass is 9.96. The molecule has 15 heteroatoms. The molecule has 0 rings (SSSR count). The van der Waals surface area contributed by atoms with E-state index in [4.69, 9.17) is 0 Å². The maximum Gasteiger partial charge on any atom is 0.460 e. The van der Waals surface area contributed by atoms with Gasteiger partial charge in [-0.05, 0) is 13.8 Å². The molecule has 0 radical (unpaired) electrons. The Kier molecular flexibility index (Phi) is 6.05. The van der Waals surface area contributed by atoms with E-state index in [0.717, 1.165) is 6.92 Å². The van der Waals surface area contributed by atoms with Crippen molar-refractivity contribution in [3.8, 4) is 0 Å². The van der Waals surface area contributed by atoms with E-state index in [-0.39, 0.29) is 5.32 Å². The zero-order chi connectivity index (χ0) is 21.6. The van der Waals surface area contributed by atoms with Crippen molar-refractivity contribution in [2.24, 2.45) is 0 Å². The molecule has 154 valence electrons. The SMILES string of the molecule is CC=C(C)C(=O)NC(F)(F)C(F)(F)C(F)(F)C(F)(F)C(F)(F)C(F)(F)F. The van der Waals surface area contributed by atoms with Crippen LogP contribution in [0.5, 0.6) is 0 Å². The summed E-state index contributed by atoms with van der Waals surface area (Å²) in [6, 6.07) is -6.62. The highest BCUT2D eigenvalue weighted by Gasteiger charge is 2.91. The molecule has 0 saturated heterocycles. The van der Waals surface area contributed by atoms with Crippen LogP contribution in [0.2, 0.25) is 0 Å². The molecule has 0 atom stereocenters. The smallest absolute Gasteiger partial charge is 0.288 e. The summed E-state index contributed by atoms with van der Waals surface area (Å²) in [6.07, 6.45) is -6.79. The Morgan fingerprint density at radius 2 is 1.04 bits per heavy atom. The maximum atomic E-state index is 13.2. The first-order valence-electron chi connectivity index (χ1n) is 6.03. The highest BCUT2D eigenvalue weighted by Crippen LogP contribution is 2.59. The van der Waals surface area contributed by atoms with Crippen molar-refractivity contribution in [2.45, 2.75) is 49.8 Å². The minimum atomic E-state index is -7.99. The van der Waals surface area contributed by atoms with E-state index in [9.17, 15) is 61.9 Å². The van der Waals surface area contributed by atoms with Crippen LogP contribution in [0.15, 0.2) is 11.6 Å². The summed E-state index contributed by atoms with van der Waals surface area (Å²) in [4.78, 5) is 11.0. The van der Waals surface area contributed by atoms with Crippen LogP contribution in [-0.2, 0) is 4.79 Å². The third kappa shape index (κ3) is 3.43. The van der Waals surface area contributed by atoms with Crippen LogP contribution < -0.4 is 5.32 Å². The van der Waals surface area contributed by atoms with Gasteiger partial charge in [-0.15, -0.1) is 0 Å². The number of alkyl halides is 13. The minimum absolute atomic E-state index is 0.114. The van der Waals surface area contributed by atoms with Crippen molar-refractivity contribution in [3.05, 3.63) is 11.6 Å². The minimum Gasteiger partial charge on any atom is -0.288 e. The molecule has 0 aromatic heterocycles. The van der Waals surface area contributed by atoms with Gasteiger partial charge in [0.1, 0.15) is 0 Å². The van der Waals surface area contributed by atoms with Gasteiger partial charge in [-0.1, -0.05) is 6.08 Å². The van der Waals surface area contributed by atoms with E-state index in [0.29, 0.717) is 13.0 Å². The van der Waals surface area contributed by atoms with E-state index in [1.54, 1.807) is 0 Å². The molecule has 0 fully saturated rings. The van der Waals surface area contributed by atoms with E-state index < -0.39 is 47.4 Å². The molecule has 0 saturated carbocycles. The molecule has 0 unspecified atom stereocenters. The molecule has 0 aromatic carbocycles. The van der Waals surface area contributed by atoms with Crippen molar-refractivity contribution in [3.63, 3.8) is 0 Å². The van der Waals surface area contributed by atoms with E-state index in [2.05, 4.69) is 0 Å². The predicted octanol–water partition coefficient (Wildman–Crippen LogP) is 4.77. The summed E-state index contributed by atoms with van der Waals surface area (Å²) in [7, 11) is 0. The summed E-state index contributed by atoms with van der Waals surface area (Å²) < 4.78 is 165. The van der Waals surface area contributed by atoms with E-state index in [1.807, 2.05) is 0 Å². The average molecular weight is 417 g/mol. The first-order chi connectivity index (χ1) is 11.1. The van der Waals surface area contributed by atoms with Gasteiger partial charge in [-0.2, -0.15) is 57.1 Å². The first-order valence-corrected chi connectivity index (χ1v) is 6.03. The van der Waals surface area contributed by atoms with E-state index in [1.165, 1.54) is 0 Å². The topological polar surface area (TPSA) is 29.1 Å². The lowest BCUT2D eigenvalue weighted by molar-refractivity contribution is -0.441. The van der Waals surface area contributed by atoms with Crippen molar-refractivity contribution >= 4 is 5.91 Å². The predicted molar refractivity (Wildman–Crippen MR) is 58.4 cm³/mol.